The van der Waals surface area contributed by atoms with Gasteiger partial charge in [0.25, 0.3) is 0 Å². The van der Waals surface area contributed by atoms with Gasteiger partial charge in [-0.1, -0.05) is 72.8 Å². The molecule has 2 heteroatoms. The van der Waals surface area contributed by atoms with Crippen molar-refractivity contribution in [3.8, 4) is 33.4 Å². The van der Waals surface area contributed by atoms with Crippen LogP contribution in [0.4, 0.5) is 0 Å². The third kappa shape index (κ3) is 2.40. The summed E-state index contributed by atoms with van der Waals surface area (Å²) in [5.74, 6) is 0. The summed E-state index contributed by atoms with van der Waals surface area (Å²) in [7, 11) is 0. The highest BCUT2D eigenvalue weighted by molar-refractivity contribution is 6.24. The average Bonchev–Trinajstić information content (AvgIpc) is 2.90. The molecule has 2 nitrogen and oxygen atoms in total. The number of hydrogen-bond acceptors (Lipinski definition) is 2. The zero-order valence-electron chi connectivity index (χ0n) is 18.2. The Bertz CT molecular complexity index is 1790. The van der Waals surface area contributed by atoms with Gasteiger partial charge in [0.05, 0.1) is 0 Å². The van der Waals surface area contributed by atoms with Gasteiger partial charge in [-0.15, -0.1) is 0 Å². The first-order valence-corrected chi connectivity index (χ1v) is 11.5. The fraction of sp³-hybridized carbons (Fsp3) is 0. The maximum atomic E-state index is 6.56. The fourth-order valence-corrected chi connectivity index (χ4v) is 5.47. The molecule has 8 rings (SSSR count). The van der Waals surface area contributed by atoms with Crippen molar-refractivity contribution in [2.75, 3.05) is 0 Å². The van der Waals surface area contributed by atoms with Gasteiger partial charge in [-0.25, -0.2) is 0 Å². The summed E-state index contributed by atoms with van der Waals surface area (Å²) in [4.78, 5) is 0. The molecule has 0 unspecified atom stereocenters. The van der Waals surface area contributed by atoms with Crippen LogP contribution in [0.25, 0.3) is 77.3 Å². The minimum atomic E-state index is 0.882. The van der Waals surface area contributed by atoms with Crippen LogP contribution >= 0.6 is 0 Å². The SMILES string of the molecule is c1ccc(-c2cc3ccc4oc5cc(-c6ccccc6)cc6ccc7oc(c2)c3c4-c7c65)cc1. The van der Waals surface area contributed by atoms with Gasteiger partial charge < -0.3 is 8.83 Å². The lowest BCUT2D eigenvalue weighted by Crippen LogP contribution is -1.95. The van der Waals surface area contributed by atoms with Crippen LogP contribution < -0.4 is 0 Å². The highest BCUT2D eigenvalue weighted by Gasteiger charge is 2.25. The van der Waals surface area contributed by atoms with E-state index in [4.69, 9.17) is 8.83 Å². The quantitative estimate of drug-likeness (QED) is 0.200. The van der Waals surface area contributed by atoms with Crippen LogP contribution in [0.3, 0.4) is 0 Å². The van der Waals surface area contributed by atoms with Crippen molar-refractivity contribution in [1.82, 2.24) is 0 Å². The Morgan fingerprint density at radius 2 is 0.794 bits per heavy atom. The summed E-state index contributed by atoms with van der Waals surface area (Å²) in [5, 5.41) is 4.56. The van der Waals surface area contributed by atoms with E-state index in [0.29, 0.717) is 0 Å². The van der Waals surface area contributed by atoms with Gasteiger partial charge in [0.15, 0.2) is 0 Å². The maximum absolute atomic E-state index is 6.56. The van der Waals surface area contributed by atoms with Crippen molar-refractivity contribution < 1.29 is 8.83 Å². The molecule has 0 spiro atoms. The van der Waals surface area contributed by atoms with E-state index in [-0.39, 0.29) is 0 Å². The maximum Gasteiger partial charge on any atom is 0.136 e. The van der Waals surface area contributed by atoms with Crippen molar-refractivity contribution in [3.05, 3.63) is 109 Å². The van der Waals surface area contributed by atoms with Crippen molar-refractivity contribution in [2.45, 2.75) is 0 Å². The first-order valence-electron chi connectivity index (χ1n) is 11.5. The first-order chi connectivity index (χ1) is 16.8. The Hall–Kier alpha value is -4.56. The summed E-state index contributed by atoms with van der Waals surface area (Å²) in [5.41, 5.74) is 10.5. The van der Waals surface area contributed by atoms with Gasteiger partial charge in [0.1, 0.15) is 22.3 Å². The number of rotatable bonds is 2. The molecule has 0 saturated heterocycles. The van der Waals surface area contributed by atoms with Crippen molar-refractivity contribution in [1.29, 1.82) is 0 Å². The van der Waals surface area contributed by atoms with E-state index < -0.39 is 0 Å². The molecule has 6 aromatic carbocycles. The molecule has 0 aliphatic carbocycles. The van der Waals surface area contributed by atoms with Gasteiger partial charge in [-0.2, -0.15) is 0 Å². The highest BCUT2D eigenvalue weighted by Crippen LogP contribution is 2.49. The largest absolute Gasteiger partial charge is 0.456 e. The van der Waals surface area contributed by atoms with Crippen LogP contribution in [-0.4, -0.2) is 0 Å². The van der Waals surface area contributed by atoms with Gasteiger partial charge in [-0.05, 0) is 69.4 Å². The van der Waals surface area contributed by atoms with E-state index in [1.165, 1.54) is 11.1 Å². The zero-order chi connectivity index (χ0) is 22.2. The minimum Gasteiger partial charge on any atom is -0.456 e. The van der Waals surface area contributed by atoms with Gasteiger partial charge in [-0.3, -0.25) is 0 Å². The first kappa shape index (κ1) is 17.9. The van der Waals surface area contributed by atoms with Crippen LogP contribution in [0.2, 0.25) is 0 Å². The molecule has 0 N–H and O–H groups in total. The predicted octanol–water partition coefficient (Wildman–Crippen LogP) is 9.36. The van der Waals surface area contributed by atoms with Crippen LogP contribution in [0.15, 0.2) is 118 Å². The third-order valence-corrected chi connectivity index (χ3v) is 6.99. The summed E-state index contributed by atoms with van der Waals surface area (Å²) in [6.07, 6.45) is 0. The second kappa shape index (κ2) is 6.49. The van der Waals surface area contributed by atoms with Crippen molar-refractivity contribution in [3.63, 3.8) is 0 Å². The van der Waals surface area contributed by atoms with E-state index in [9.17, 15) is 0 Å². The Labute approximate surface area is 195 Å². The molecule has 2 aliphatic heterocycles. The van der Waals surface area contributed by atoms with E-state index in [0.717, 1.165) is 66.1 Å². The lowest BCUT2D eigenvalue weighted by atomic mass is 9.88. The molecule has 0 saturated carbocycles. The second-order valence-corrected chi connectivity index (χ2v) is 8.96. The van der Waals surface area contributed by atoms with E-state index in [2.05, 4.69) is 97.1 Å². The molecule has 0 fully saturated rings. The predicted molar refractivity (Wildman–Crippen MR) is 140 cm³/mol. The van der Waals surface area contributed by atoms with Crippen LogP contribution in [0.1, 0.15) is 0 Å². The molecule has 0 aromatic heterocycles. The summed E-state index contributed by atoms with van der Waals surface area (Å²) in [6.45, 7) is 0. The molecular formula is C32H18O2. The molecule has 2 aliphatic rings. The van der Waals surface area contributed by atoms with Crippen molar-refractivity contribution in [2.24, 2.45) is 0 Å². The second-order valence-electron chi connectivity index (χ2n) is 8.96. The van der Waals surface area contributed by atoms with Gasteiger partial charge in [0, 0.05) is 21.9 Å². The van der Waals surface area contributed by atoms with E-state index in [1.54, 1.807) is 0 Å². The summed E-state index contributed by atoms with van der Waals surface area (Å²) in [6, 6.07) is 38.2. The Morgan fingerprint density at radius 3 is 1.24 bits per heavy atom. The molecule has 6 aromatic rings. The highest BCUT2D eigenvalue weighted by atomic mass is 16.3. The molecule has 0 radical (unpaired) electrons. The average molecular weight is 434 g/mol. The molecule has 0 amide bonds. The van der Waals surface area contributed by atoms with Gasteiger partial charge >= 0.3 is 0 Å². The molecule has 0 atom stereocenters. The Kier molecular flexibility index (Phi) is 3.42. The molecule has 2 heterocycles. The molecule has 158 valence electrons. The Morgan fingerprint density at radius 1 is 0.353 bits per heavy atom. The normalized spacial score (nSPS) is 12.1. The Balaban J connectivity index is 1.50. The standard InChI is InChI=1S/C32H18O2/c1-3-7-19(8-4-1)23-15-21-11-13-26-31-29(21)27(17-23)33-25-14-12-22-16-24(20-9-5-2-6-10-20)18-28(34-26)30(22)32(25)31/h1-18H. The number of benzene rings is 6. The topological polar surface area (TPSA) is 26.3 Å². The molecule has 34 heavy (non-hydrogen) atoms. The lowest BCUT2D eigenvalue weighted by Gasteiger charge is -2.20. The summed E-state index contributed by atoms with van der Waals surface area (Å²) < 4.78 is 13.1. The molecule has 0 bridgehead atoms. The fourth-order valence-electron chi connectivity index (χ4n) is 5.47. The van der Waals surface area contributed by atoms with Crippen molar-refractivity contribution >= 4 is 43.9 Å². The lowest BCUT2D eigenvalue weighted by molar-refractivity contribution is 0.646. The minimum absolute atomic E-state index is 0.882. The van der Waals surface area contributed by atoms with E-state index in [1.807, 2.05) is 12.1 Å². The third-order valence-electron chi connectivity index (χ3n) is 6.99. The smallest absolute Gasteiger partial charge is 0.136 e. The molecular weight excluding hydrogens is 416 g/mol. The van der Waals surface area contributed by atoms with Crippen LogP contribution in [0, 0.1) is 0 Å². The van der Waals surface area contributed by atoms with Crippen LogP contribution in [0.5, 0.6) is 0 Å². The monoisotopic (exact) mass is 434 g/mol. The zero-order valence-corrected chi connectivity index (χ0v) is 18.2. The summed E-state index contributed by atoms with van der Waals surface area (Å²) >= 11 is 0. The number of hydrogen-bond donors (Lipinski definition) is 0. The van der Waals surface area contributed by atoms with Gasteiger partial charge in [0.2, 0.25) is 0 Å². The van der Waals surface area contributed by atoms with Crippen LogP contribution in [-0.2, 0) is 0 Å². The van der Waals surface area contributed by atoms with E-state index >= 15 is 0 Å².